The van der Waals surface area contributed by atoms with Crippen LogP contribution in [0.1, 0.15) is 51.0 Å². The Kier molecular flexibility index (Phi) is 6.21. The summed E-state index contributed by atoms with van der Waals surface area (Å²) >= 11 is 0. The molecule has 24 heavy (non-hydrogen) atoms. The van der Waals surface area contributed by atoms with Crippen molar-refractivity contribution in [1.82, 2.24) is 10.6 Å². The Hall–Kier alpha value is -1.91. The summed E-state index contributed by atoms with van der Waals surface area (Å²) < 4.78 is 11.4. The molecule has 5 nitrogen and oxygen atoms in total. The second kappa shape index (κ2) is 8.81. The highest BCUT2D eigenvalue weighted by Gasteiger charge is 2.14. The molecule has 1 aliphatic heterocycles. The SMILES string of the molecule is CCNC(=NCc1ccc2c(c1)OCCCO2)NC1CCCCC1. The van der Waals surface area contributed by atoms with Crippen molar-refractivity contribution < 1.29 is 9.47 Å². The van der Waals surface area contributed by atoms with E-state index >= 15 is 0 Å². The molecule has 1 aromatic rings. The number of nitrogens with zero attached hydrogens (tertiary/aromatic N) is 1. The first-order chi connectivity index (χ1) is 11.8. The summed E-state index contributed by atoms with van der Waals surface area (Å²) in [6, 6.07) is 6.67. The van der Waals surface area contributed by atoms with Crippen molar-refractivity contribution in [3.8, 4) is 11.5 Å². The Morgan fingerprint density at radius 3 is 2.67 bits per heavy atom. The second-order valence-corrected chi connectivity index (χ2v) is 6.51. The minimum atomic E-state index is 0.556. The molecule has 2 aliphatic rings. The zero-order chi connectivity index (χ0) is 16.6. The van der Waals surface area contributed by atoms with E-state index in [0.717, 1.165) is 42.6 Å². The molecule has 2 N–H and O–H groups in total. The number of benzene rings is 1. The van der Waals surface area contributed by atoms with Crippen LogP contribution in [-0.4, -0.2) is 31.8 Å². The van der Waals surface area contributed by atoms with Gasteiger partial charge in [0.05, 0.1) is 19.8 Å². The molecule has 132 valence electrons. The van der Waals surface area contributed by atoms with E-state index in [-0.39, 0.29) is 0 Å². The third-order valence-electron chi connectivity index (χ3n) is 4.52. The Morgan fingerprint density at radius 1 is 1.08 bits per heavy atom. The lowest BCUT2D eigenvalue weighted by molar-refractivity contribution is 0.297. The van der Waals surface area contributed by atoms with E-state index in [0.29, 0.717) is 19.2 Å². The number of ether oxygens (including phenoxy) is 2. The first kappa shape index (κ1) is 16.9. The standard InChI is InChI=1S/C19H29N3O2/c1-2-20-19(22-16-7-4-3-5-8-16)21-14-15-9-10-17-18(13-15)24-12-6-11-23-17/h9-10,13,16H,2-8,11-12,14H2,1H3,(H2,20,21,22). The molecule has 3 rings (SSSR count). The second-order valence-electron chi connectivity index (χ2n) is 6.51. The molecule has 0 bridgehead atoms. The maximum absolute atomic E-state index is 5.76. The van der Waals surface area contributed by atoms with Gasteiger partial charge in [-0.2, -0.15) is 0 Å². The zero-order valence-corrected chi connectivity index (χ0v) is 14.6. The predicted molar refractivity (Wildman–Crippen MR) is 96.9 cm³/mol. The van der Waals surface area contributed by atoms with Crippen LogP contribution in [0.15, 0.2) is 23.2 Å². The summed E-state index contributed by atoms with van der Waals surface area (Å²) in [5.41, 5.74) is 1.14. The number of guanidine groups is 1. The van der Waals surface area contributed by atoms with E-state index in [1.165, 1.54) is 32.1 Å². The van der Waals surface area contributed by atoms with Crippen molar-refractivity contribution in [1.29, 1.82) is 0 Å². The van der Waals surface area contributed by atoms with Crippen molar-refractivity contribution in [2.45, 2.75) is 58.0 Å². The van der Waals surface area contributed by atoms with Crippen LogP contribution in [-0.2, 0) is 6.54 Å². The average Bonchev–Trinajstić information content (AvgIpc) is 2.85. The van der Waals surface area contributed by atoms with Crippen molar-refractivity contribution in [3.63, 3.8) is 0 Å². The third-order valence-corrected chi connectivity index (χ3v) is 4.52. The quantitative estimate of drug-likeness (QED) is 0.657. The summed E-state index contributed by atoms with van der Waals surface area (Å²) in [5, 5.41) is 6.94. The highest BCUT2D eigenvalue weighted by atomic mass is 16.5. The Balaban J connectivity index is 1.63. The minimum Gasteiger partial charge on any atom is -0.490 e. The van der Waals surface area contributed by atoms with Crippen LogP contribution < -0.4 is 20.1 Å². The van der Waals surface area contributed by atoms with Crippen molar-refractivity contribution >= 4 is 5.96 Å². The lowest BCUT2D eigenvalue weighted by Crippen LogP contribution is -2.44. The average molecular weight is 331 g/mol. The first-order valence-electron chi connectivity index (χ1n) is 9.28. The fourth-order valence-electron chi connectivity index (χ4n) is 3.24. The molecule has 1 aromatic carbocycles. The maximum atomic E-state index is 5.76. The van der Waals surface area contributed by atoms with Gasteiger partial charge in [-0.3, -0.25) is 0 Å². The van der Waals surface area contributed by atoms with E-state index in [1.807, 2.05) is 12.1 Å². The van der Waals surface area contributed by atoms with Crippen molar-refractivity contribution in [2.75, 3.05) is 19.8 Å². The molecule has 1 fully saturated rings. The highest BCUT2D eigenvalue weighted by Crippen LogP contribution is 2.30. The smallest absolute Gasteiger partial charge is 0.191 e. The summed E-state index contributed by atoms with van der Waals surface area (Å²) in [7, 11) is 0. The molecule has 1 saturated carbocycles. The lowest BCUT2D eigenvalue weighted by atomic mass is 9.96. The van der Waals surface area contributed by atoms with Gasteiger partial charge in [-0.1, -0.05) is 25.3 Å². The van der Waals surface area contributed by atoms with E-state index < -0.39 is 0 Å². The van der Waals surface area contributed by atoms with E-state index in [2.05, 4.69) is 23.6 Å². The minimum absolute atomic E-state index is 0.556. The normalized spacial score (nSPS) is 18.8. The number of hydrogen-bond acceptors (Lipinski definition) is 3. The third kappa shape index (κ3) is 4.79. The number of nitrogens with one attached hydrogen (secondary N) is 2. The number of hydrogen-bond donors (Lipinski definition) is 2. The monoisotopic (exact) mass is 331 g/mol. The molecule has 0 spiro atoms. The van der Waals surface area contributed by atoms with Crippen LogP contribution >= 0.6 is 0 Å². The fraction of sp³-hybridized carbons (Fsp3) is 0.632. The first-order valence-corrected chi connectivity index (χ1v) is 9.28. The van der Waals surface area contributed by atoms with Crippen LogP contribution in [0.25, 0.3) is 0 Å². The number of fused-ring (bicyclic) bond motifs is 1. The largest absolute Gasteiger partial charge is 0.490 e. The van der Waals surface area contributed by atoms with Gasteiger partial charge in [0.1, 0.15) is 0 Å². The summed E-state index contributed by atoms with van der Waals surface area (Å²) in [6.45, 7) is 5.05. The molecule has 0 amide bonds. The zero-order valence-electron chi connectivity index (χ0n) is 14.6. The molecule has 0 unspecified atom stereocenters. The summed E-state index contributed by atoms with van der Waals surface area (Å²) in [5.74, 6) is 2.59. The number of aliphatic imine (C=N–C) groups is 1. The molecule has 0 aromatic heterocycles. The van der Waals surface area contributed by atoms with Crippen LogP contribution in [0.4, 0.5) is 0 Å². The Morgan fingerprint density at radius 2 is 1.88 bits per heavy atom. The molecule has 0 saturated heterocycles. The molecule has 1 heterocycles. The van der Waals surface area contributed by atoms with Crippen LogP contribution in [0.2, 0.25) is 0 Å². The topological polar surface area (TPSA) is 54.9 Å². The summed E-state index contributed by atoms with van der Waals surface area (Å²) in [4.78, 5) is 4.75. The predicted octanol–water partition coefficient (Wildman–Crippen LogP) is 3.24. The van der Waals surface area contributed by atoms with E-state index in [1.54, 1.807) is 0 Å². The van der Waals surface area contributed by atoms with Crippen molar-refractivity contribution in [3.05, 3.63) is 23.8 Å². The van der Waals surface area contributed by atoms with Gasteiger partial charge in [0.2, 0.25) is 0 Å². The van der Waals surface area contributed by atoms with Gasteiger partial charge in [0.15, 0.2) is 17.5 Å². The van der Waals surface area contributed by atoms with Gasteiger partial charge in [-0.05, 0) is 37.5 Å². The highest BCUT2D eigenvalue weighted by molar-refractivity contribution is 5.80. The van der Waals surface area contributed by atoms with E-state index in [9.17, 15) is 0 Å². The fourth-order valence-corrected chi connectivity index (χ4v) is 3.24. The molecular weight excluding hydrogens is 302 g/mol. The molecule has 0 atom stereocenters. The van der Waals surface area contributed by atoms with Crippen LogP contribution in [0.5, 0.6) is 11.5 Å². The lowest BCUT2D eigenvalue weighted by Gasteiger charge is -2.24. The van der Waals surface area contributed by atoms with Gasteiger partial charge in [-0.15, -0.1) is 0 Å². The van der Waals surface area contributed by atoms with Crippen LogP contribution in [0.3, 0.4) is 0 Å². The molecular formula is C19H29N3O2. The van der Waals surface area contributed by atoms with Gasteiger partial charge < -0.3 is 20.1 Å². The molecule has 0 radical (unpaired) electrons. The van der Waals surface area contributed by atoms with Gasteiger partial charge in [-0.25, -0.2) is 4.99 Å². The Bertz CT molecular complexity index is 554. The van der Waals surface area contributed by atoms with Gasteiger partial charge >= 0.3 is 0 Å². The maximum Gasteiger partial charge on any atom is 0.191 e. The van der Waals surface area contributed by atoms with Gasteiger partial charge in [0, 0.05) is 19.0 Å². The Labute approximate surface area is 144 Å². The van der Waals surface area contributed by atoms with Crippen molar-refractivity contribution in [2.24, 2.45) is 4.99 Å². The molecule has 1 aliphatic carbocycles. The summed E-state index contributed by atoms with van der Waals surface area (Å²) in [6.07, 6.45) is 7.42. The van der Waals surface area contributed by atoms with Crippen LogP contribution in [0, 0.1) is 0 Å². The van der Waals surface area contributed by atoms with E-state index in [4.69, 9.17) is 14.5 Å². The molecule has 5 heteroatoms. The van der Waals surface area contributed by atoms with Gasteiger partial charge in [0.25, 0.3) is 0 Å². The number of rotatable bonds is 4.